The van der Waals surface area contributed by atoms with Gasteiger partial charge in [-0.3, -0.25) is 4.79 Å². The lowest BCUT2D eigenvalue weighted by Gasteiger charge is -1.95. The fourth-order valence-corrected chi connectivity index (χ4v) is 0.896. The number of hydrogen-bond acceptors (Lipinski definition) is 1. The van der Waals surface area contributed by atoms with Crippen molar-refractivity contribution in [3.8, 4) is 0 Å². The third-order valence-electron chi connectivity index (χ3n) is 1.47. The maximum atomic E-state index is 10.2. The van der Waals surface area contributed by atoms with Crippen molar-refractivity contribution in [2.24, 2.45) is 0 Å². The summed E-state index contributed by atoms with van der Waals surface area (Å²) in [6.07, 6.45) is 0.834. The van der Waals surface area contributed by atoms with Crippen LogP contribution >= 0.6 is 0 Å². The quantitative estimate of drug-likeness (QED) is 0.715. The van der Waals surface area contributed by atoms with E-state index in [-0.39, 0.29) is 6.42 Å². The molecule has 0 bridgehead atoms. The highest BCUT2D eigenvalue weighted by atomic mass is 16.6. The van der Waals surface area contributed by atoms with E-state index in [0.29, 0.717) is 6.42 Å². The molecular weight excluding hydrogens is 142 g/mol. The summed E-state index contributed by atoms with van der Waals surface area (Å²) in [7, 11) is 0. The lowest BCUT2D eigenvalue weighted by molar-refractivity contribution is -0.136. The molecule has 0 radical (unpaired) electrons. The molecule has 11 heavy (non-hydrogen) atoms. The monoisotopic (exact) mass is 152 g/mol. The fourth-order valence-electron chi connectivity index (χ4n) is 0.896. The van der Waals surface area contributed by atoms with Gasteiger partial charge in [0.05, 0.1) is 0 Å². The molecule has 0 aliphatic carbocycles. The molecule has 0 spiro atoms. The number of hydrogen-bond donors (Lipinski definition) is 1. The van der Waals surface area contributed by atoms with E-state index in [1.807, 2.05) is 30.3 Å². The number of benzene rings is 1. The van der Waals surface area contributed by atoms with Gasteiger partial charge in [0.25, 0.3) is 0 Å². The Balaban J connectivity index is 2.45. The van der Waals surface area contributed by atoms with Crippen LogP contribution in [0.2, 0.25) is 0 Å². The lowest BCUT2D eigenvalue weighted by Crippen LogP contribution is -1.96. The maximum Gasteiger partial charge on any atom is 0.303 e. The first-order valence-electron chi connectivity index (χ1n) is 3.55. The van der Waals surface area contributed by atoms with Gasteiger partial charge in [0.15, 0.2) is 0 Å². The summed E-state index contributed by atoms with van der Waals surface area (Å²) in [5.41, 5.74) is 1.08. The van der Waals surface area contributed by atoms with E-state index >= 15 is 0 Å². The third kappa shape index (κ3) is 2.85. The average Bonchev–Trinajstić information content (AvgIpc) is 2.03. The normalized spacial score (nSPS) is 9.45. The van der Waals surface area contributed by atoms with Crippen LogP contribution in [0.4, 0.5) is 0 Å². The van der Waals surface area contributed by atoms with Gasteiger partial charge < -0.3 is 5.11 Å². The molecule has 0 aliphatic heterocycles. The van der Waals surface area contributed by atoms with Crippen LogP contribution in [-0.2, 0) is 11.2 Å². The predicted octanol–water partition coefficient (Wildman–Crippen LogP) is 1.70. The molecule has 0 atom stereocenters. The van der Waals surface area contributed by atoms with E-state index in [1.54, 1.807) is 0 Å². The summed E-state index contributed by atoms with van der Waals surface area (Å²) in [6, 6.07) is 9.62. The molecule has 1 aromatic rings. The Kier molecular flexibility index (Phi) is 2.66. The minimum absolute atomic E-state index is 0.212. The van der Waals surface area contributed by atoms with Crippen molar-refractivity contribution < 1.29 is 9.90 Å². The number of aryl methyl sites for hydroxylation is 1. The van der Waals surface area contributed by atoms with Gasteiger partial charge in [0, 0.05) is 6.42 Å². The molecule has 0 heterocycles. The molecule has 0 saturated heterocycles. The van der Waals surface area contributed by atoms with Crippen molar-refractivity contribution in [1.82, 2.24) is 0 Å². The summed E-state index contributed by atoms with van der Waals surface area (Å²) >= 11 is 0. The molecule has 1 rings (SSSR count). The van der Waals surface area contributed by atoms with Crippen LogP contribution in [0.5, 0.6) is 0 Å². The van der Waals surface area contributed by atoms with Crippen LogP contribution in [-0.4, -0.2) is 11.1 Å². The Morgan fingerprint density at radius 2 is 1.91 bits per heavy atom. The van der Waals surface area contributed by atoms with E-state index in [2.05, 4.69) is 0 Å². The Bertz CT molecular complexity index is 229. The summed E-state index contributed by atoms with van der Waals surface area (Å²) < 4.78 is 0. The Morgan fingerprint density at radius 3 is 2.45 bits per heavy atom. The van der Waals surface area contributed by atoms with E-state index < -0.39 is 5.97 Å². The first-order chi connectivity index (χ1) is 5.29. The predicted molar refractivity (Wildman–Crippen MR) is 42.4 cm³/mol. The molecule has 1 aromatic carbocycles. The highest BCUT2D eigenvalue weighted by Gasteiger charge is 1.96. The summed E-state index contributed by atoms with van der Waals surface area (Å²) in [5, 5.41) is 8.37. The molecule has 1 N–H and O–H groups in total. The Labute approximate surface area is 65.5 Å². The van der Waals surface area contributed by atoms with Gasteiger partial charge >= 0.3 is 5.97 Å². The van der Waals surface area contributed by atoms with Gasteiger partial charge in [-0.05, 0) is 12.0 Å². The van der Waals surface area contributed by atoms with Crippen LogP contribution in [0.3, 0.4) is 0 Å². The van der Waals surface area contributed by atoms with E-state index in [1.165, 1.54) is 0 Å². The van der Waals surface area contributed by atoms with Crippen molar-refractivity contribution in [2.45, 2.75) is 12.8 Å². The van der Waals surface area contributed by atoms with Crippen LogP contribution in [0.1, 0.15) is 12.0 Å². The number of carboxylic acids is 1. The van der Waals surface area contributed by atoms with Gasteiger partial charge in [-0.25, -0.2) is 0 Å². The second kappa shape index (κ2) is 3.76. The van der Waals surface area contributed by atoms with Gasteiger partial charge in [0.2, 0.25) is 0 Å². The molecule has 0 unspecified atom stereocenters. The van der Waals surface area contributed by atoms with E-state index in [0.717, 1.165) is 5.56 Å². The first kappa shape index (κ1) is 7.79. The van der Waals surface area contributed by atoms with Crippen LogP contribution in [0.25, 0.3) is 0 Å². The van der Waals surface area contributed by atoms with Crippen molar-refractivity contribution in [2.75, 3.05) is 0 Å². The molecule has 2 heteroatoms. The molecule has 2 nitrogen and oxygen atoms in total. The molecule has 0 saturated carbocycles. The summed E-state index contributed by atoms with van der Waals surface area (Å²) in [4.78, 5) is 10.2. The van der Waals surface area contributed by atoms with Crippen LogP contribution in [0, 0.1) is 0 Å². The zero-order chi connectivity index (χ0) is 8.10. The minimum Gasteiger partial charge on any atom is -0.481 e. The zero-order valence-corrected chi connectivity index (χ0v) is 6.16. The standard InChI is InChI=1S/C9H10O2/c10-9(11)7-6-8-4-2-1-3-5-8/h1-5H,6-7H2,(H,10,11)/i9+2. The number of aliphatic carboxylic acids is 1. The maximum absolute atomic E-state index is 10.2. The van der Waals surface area contributed by atoms with Crippen molar-refractivity contribution in [3.63, 3.8) is 0 Å². The van der Waals surface area contributed by atoms with Gasteiger partial charge in [-0.1, -0.05) is 30.3 Å². The second-order valence-electron chi connectivity index (χ2n) is 2.38. The summed E-state index contributed by atoms with van der Waals surface area (Å²) in [6.45, 7) is 0. The van der Waals surface area contributed by atoms with Crippen molar-refractivity contribution in [1.29, 1.82) is 0 Å². The van der Waals surface area contributed by atoms with Crippen molar-refractivity contribution in [3.05, 3.63) is 35.9 Å². The zero-order valence-electron chi connectivity index (χ0n) is 6.16. The number of carboxylic acid groups (broad SMARTS) is 1. The molecule has 0 amide bonds. The van der Waals surface area contributed by atoms with Crippen LogP contribution in [0.15, 0.2) is 30.3 Å². The third-order valence-corrected chi connectivity index (χ3v) is 1.47. The lowest BCUT2D eigenvalue weighted by atomic mass is 10.2. The number of rotatable bonds is 3. The van der Waals surface area contributed by atoms with Gasteiger partial charge in [-0.2, -0.15) is 0 Å². The average molecular weight is 152 g/mol. The highest BCUT2D eigenvalue weighted by molar-refractivity contribution is 5.67. The van der Waals surface area contributed by atoms with E-state index in [4.69, 9.17) is 5.11 Å². The van der Waals surface area contributed by atoms with E-state index in [9.17, 15) is 4.79 Å². The Hall–Kier alpha value is -1.31. The first-order valence-corrected chi connectivity index (χ1v) is 3.55. The van der Waals surface area contributed by atoms with Gasteiger partial charge in [0.1, 0.15) is 0 Å². The minimum atomic E-state index is -0.742. The largest absolute Gasteiger partial charge is 0.481 e. The highest BCUT2D eigenvalue weighted by Crippen LogP contribution is 2.01. The van der Waals surface area contributed by atoms with Crippen molar-refractivity contribution >= 4 is 5.97 Å². The molecule has 0 fully saturated rings. The fraction of sp³-hybridized carbons (Fsp3) is 0.222. The topological polar surface area (TPSA) is 37.3 Å². The smallest absolute Gasteiger partial charge is 0.303 e. The second-order valence-corrected chi connectivity index (χ2v) is 2.38. The molecule has 0 aromatic heterocycles. The van der Waals surface area contributed by atoms with Crippen LogP contribution < -0.4 is 0 Å². The summed E-state index contributed by atoms with van der Waals surface area (Å²) in [5.74, 6) is -0.742. The Morgan fingerprint density at radius 1 is 1.27 bits per heavy atom. The molecule has 58 valence electrons. The number of carbonyl (C=O) groups is 1. The van der Waals surface area contributed by atoms with Gasteiger partial charge in [-0.15, -0.1) is 0 Å². The molecular formula is C9H10O2. The SMILES string of the molecule is O=[14C](O)CCc1ccccc1. The molecule has 0 aliphatic rings.